The van der Waals surface area contributed by atoms with Crippen LogP contribution in [0.5, 0.6) is 5.75 Å². The molecule has 0 aliphatic heterocycles. The maximum atomic E-state index is 12.1. The molecule has 0 unspecified atom stereocenters. The Bertz CT molecular complexity index is 1140. The van der Waals surface area contributed by atoms with E-state index >= 15 is 0 Å². The van der Waals surface area contributed by atoms with Crippen LogP contribution in [0, 0.1) is 22.7 Å². The molecule has 2 heterocycles. The number of hydrogen-bond acceptors (Lipinski definition) is 7. The number of benzene rings is 1. The molecule has 0 saturated heterocycles. The highest BCUT2D eigenvalue weighted by Crippen LogP contribution is 2.33. The van der Waals surface area contributed by atoms with Crippen LogP contribution in [0.2, 0.25) is 0 Å². The standard InChI is InChI=1S/C20H16N4O3S/c1-26-17-5-4-12(7-13(17)10-28-11-14-3-2-6-27-14)18-15(8-21)19(23)24-20(25)16(18)9-22/h2-7H,10-11H2,1H3,(H3,23,24,25). The molecule has 1 aromatic carbocycles. The normalized spacial score (nSPS) is 10.2. The molecule has 0 aliphatic carbocycles. The lowest BCUT2D eigenvalue weighted by Crippen LogP contribution is -2.16. The van der Waals surface area contributed by atoms with E-state index in [9.17, 15) is 15.3 Å². The van der Waals surface area contributed by atoms with Crippen LogP contribution in [0.25, 0.3) is 11.1 Å². The number of thioether (sulfide) groups is 1. The molecule has 3 rings (SSSR count). The molecular formula is C20H16N4O3S. The third-order valence-electron chi connectivity index (χ3n) is 4.12. The van der Waals surface area contributed by atoms with Crippen LogP contribution in [0.15, 0.2) is 45.8 Å². The number of nitrogens with zero attached hydrogens (tertiary/aromatic N) is 2. The van der Waals surface area contributed by atoms with Gasteiger partial charge in [-0.1, -0.05) is 6.07 Å². The van der Waals surface area contributed by atoms with Crippen LogP contribution in [0.4, 0.5) is 5.82 Å². The average molecular weight is 392 g/mol. The molecule has 140 valence electrons. The van der Waals surface area contributed by atoms with Crippen molar-refractivity contribution in [1.29, 1.82) is 10.5 Å². The number of nitriles is 2. The summed E-state index contributed by atoms with van der Waals surface area (Å²) in [6.45, 7) is 0. The number of pyridine rings is 1. The van der Waals surface area contributed by atoms with Gasteiger partial charge in [-0.15, -0.1) is 11.8 Å². The molecule has 3 N–H and O–H groups in total. The van der Waals surface area contributed by atoms with Crippen molar-refractivity contribution in [2.45, 2.75) is 11.5 Å². The van der Waals surface area contributed by atoms with E-state index in [-0.39, 0.29) is 22.5 Å². The Morgan fingerprint density at radius 1 is 1.21 bits per heavy atom. The lowest BCUT2D eigenvalue weighted by Gasteiger charge is -2.13. The molecule has 0 bridgehead atoms. The Kier molecular flexibility index (Phi) is 5.73. The van der Waals surface area contributed by atoms with E-state index in [1.165, 1.54) is 0 Å². The van der Waals surface area contributed by atoms with Gasteiger partial charge in [0.25, 0.3) is 5.56 Å². The summed E-state index contributed by atoms with van der Waals surface area (Å²) in [6.07, 6.45) is 1.63. The number of hydrogen-bond donors (Lipinski definition) is 2. The van der Waals surface area contributed by atoms with E-state index in [0.29, 0.717) is 22.8 Å². The first-order chi connectivity index (χ1) is 13.6. The molecule has 3 aromatic rings. The number of H-pyrrole nitrogens is 1. The summed E-state index contributed by atoms with van der Waals surface area (Å²) >= 11 is 1.63. The van der Waals surface area contributed by atoms with Crippen molar-refractivity contribution in [3.05, 3.63) is 69.4 Å². The Balaban J connectivity index is 2.03. The number of ether oxygens (including phenoxy) is 1. The third kappa shape index (κ3) is 3.73. The second kappa shape index (κ2) is 8.38. The smallest absolute Gasteiger partial charge is 0.268 e. The van der Waals surface area contributed by atoms with Crippen molar-refractivity contribution in [2.24, 2.45) is 0 Å². The fourth-order valence-electron chi connectivity index (χ4n) is 2.84. The van der Waals surface area contributed by atoms with Crippen molar-refractivity contribution in [3.63, 3.8) is 0 Å². The fourth-order valence-corrected chi connectivity index (χ4v) is 3.75. The number of methoxy groups -OCH3 is 1. The first-order valence-corrected chi connectivity index (χ1v) is 9.37. The van der Waals surface area contributed by atoms with Gasteiger partial charge in [-0.3, -0.25) is 4.79 Å². The Morgan fingerprint density at radius 2 is 2.00 bits per heavy atom. The van der Waals surface area contributed by atoms with Crippen LogP contribution in [-0.4, -0.2) is 12.1 Å². The Morgan fingerprint density at radius 3 is 2.64 bits per heavy atom. The molecule has 2 aromatic heterocycles. The molecule has 0 fully saturated rings. The zero-order valence-corrected chi connectivity index (χ0v) is 15.8. The quantitative estimate of drug-likeness (QED) is 0.657. The van der Waals surface area contributed by atoms with Gasteiger partial charge >= 0.3 is 0 Å². The zero-order valence-electron chi connectivity index (χ0n) is 15.0. The highest BCUT2D eigenvalue weighted by atomic mass is 32.2. The molecule has 0 radical (unpaired) electrons. The van der Waals surface area contributed by atoms with Gasteiger partial charge in [0.15, 0.2) is 0 Å². The van der Waals surface area contributed by atoms with Gasteiger partial charge < -0.3 is 19.9 Å². The number of nitrogen functional groups attached to an aromatic ring is 1. The molecule has 0 saturated carbocycles. The van der Waals surface area contributed by atoms with E-state index in [2.05, 4.69) is 4.98 Å². The lowest BCUT2D eigenvalue weighted by molar-refractivity contribution is 0.411. The Labute approximate surface area is 165 Å². The van der Waals surface area contributed by atoms with Gasteiger partial charge in [0.2, 0.25) is 0 Å². The Hall–Kier alpha value is -3.62. The molecule has 7 nitrogen and oxygen atoms in total. The van der Waals surface area contributed by atoms with E-state index in [0.717, 1.165) is 11.3 Å². The summed E-state index contributed by atoms with van der Waals surface area (Å²) in [7, 11) is 1.57. The van der Waals surface area contributed by atoms with Gasteiger partial charge in [0, 0.05) is 16.9 Å². The molecule has 0 atom stereocenters. The molecule has 0 amide bonds. The van der Waals surface area contributed by atoms with Gasteiger partial charge in [0.1, 0.15) is 40.6 Å². The monoisotopic (exact) mass is 392 g/mol. The van der Waals surface area contributed by atoms with Crippen molar-refractivity contribution < 1.29 is 9.15 Å². The number of aromatic nitrogens is 1. The van der Waals surface area contributed by atoms with Crippen LogP contribution in [0.1, 0.15) is 22.5 Å². The third-order valence-corrected chi connectivity index (χ3v) is 5.12. The van der Waals surface area contributed by atoms with E-state index in [4.69, 9.17) is 14.9 Å². The highest BCUT2D eigenvalue weighted by Gasteiger charge is 2.19. The first-order valence-electron chi connectivity index (χ1n) is 8.22. The number of nitrogens with one attached hydrogen (secondary N) is 1. The molecular weight excluding hydrogens is 376 g/mol. The van der Waals surface area contributed by atoms with E-state index < -0.39 is 5.56 Å². The van der Waals surface area contributed by atoms with Crippen molar-refractivity contribution in [3.8, 4) is 29.0 Å². The summed E-state index contributed by atoms with van der Waals surface area (Å²) in [4.78, 5) is 14.5. The van der Waals surface area contributed by atoms with Crippen molar-refractivity contribution in [1.82, 2.24) is 4.98 Å². The van der Waals surface area contributed by atoms with Gasteiger partial charge in [0.05, 0.1) is 19.1 Å². The average Bonchev–Trinajstić information content (AvgIpc) is 3.21. The van der Waals surface area contributed by atoms with Gasteiger partial charge in [-0.05, 0) is 29.8 Å². The predicted molar refractivity (Wildman–Crippen MR) is 107 cm³/mol. The second-order valence-corrected chi connectivity index (χ2v) is 6.80. The molecule has 8 heteroatoms. The topological polar surface area (TPSA) is 129 Å². The minimum absolute atomic E-state index is 0.0638. The van der Waals surface area contributed by atoms with Crippen LogP contribution in [-0.2, 0) is 11.5 Å². The minimum Gasteiger partial charge on any atom is -0.496 e. The van der Waals surface area contributed by atoms with E-state index in [1.54, 1.807) is 37.3 Å². The summed E-state index contributed by atoms with van der Waals surface area (Å²) in [5, 5.41) is 18.9. The van der Waals surface area contributed by atoms with Crippen LogP contribution < -0.4 is 16.0 Å². The highest BCUT2D eigenvalue weighted by molar-refractivity contribution is 7.97. The number of anilines is 1. The molecule has 0 spiro atoms. The van der Waals surface area contributed by atoms with Crippen molar-refractivity contribution in [2.75, 3.05) is 12.8 Å². The first kappa shape index (κ1) is 19.2. The number of furan rings is 1. The number of nitrogens with two attached hydrogens (primary N) is 1. The second-order valence-electron chi connectivity index (χ2n) is 5.82. The maximum Gasteiger partial charge on any atom is 0.268 e. The molecule has 28 heavy (non-hydrogen) atoms. The maximum absolute atomic E-state index is 12.1. The number of aromatic amines is 1. The van der Waals surface area contributed by atoms with E-state index in [1.807, 2.05) is 30.3 Å². The molecule has 0 aliphatic rings. The lowest BCUT2D eigenvalue weighted by atomic mass is 9.95. The fraction of sp³-hybridized carbons (Fsp3) is 0.150. The van der Waals surface area contributed by atoms with Gasteiger partial charge in [-0.2, -0.15) is 10.5 Å². The summed E-state index contributed by atoms with van der Waals surface area (Å²) < 4.78 is 10.8. The van der Waals surface area contributed by atoms with Gasteiger partial charge in [-0.25, -0.2) is 0 Å². The summed E-state index contributed by atoms with van der Waals surface area (Å²) in [5.74, 6) is 2.77. The SMILES string of the molecule is COc1ccc(-c2c(C#N)c(N)[nH]c(=O)c2C#N)cc1CSCc1ccco1. The minimum atomic E-state index is -0.626. The zero-order chi connectivity index (χ0) is 20.1. The van der Waals surface area contributed by atoms with Crippen LogP contribution in [0.3, 0.4) is 0 Å². The van der Waals surface area contributed by atoms with Crippen LogP contribution >= 0.6 is 11.8 Å². The number of rotatable bonds is 6. The van der Waals surface area contributed by atoms with Crippen molar-refractivity contribution >= 4 is 17.6 Å². The summed E-state index contributed by atoms with van der Waals surface area (Å²) in [5.41, 5.74) is 6.73. The summed E-state index contributed by atoms with van der Waals surface area (Å²) in [6, 6.07) is 12.9. The largest absolute Gasteiger partial charge is 0.496 e. The predicted octanol–water partition coefficient (Wildman–Crippen LogP) is 3.40.